The van der Waals surface area contributed by atoms with Crippen LogP contribution in [0.15, 0.2) is 42.7 Å². The van der Waals surface area contributed by atoms with Crippen LogP contribution in [-0.2, 0) is 16.7 Å². The second-order valence-electron chi connectivity index (χ2n) is 9.96. The quantitative estimate of drug-likeness (QED) is 0.280. The number of carbonyl (C=O) groups excluding carboxylic acids is 3. The molecule has 15 heteroatoms. The van der Waals surface area contributed by atoms with Crippen molar-refractivity contribution in [3.05, 3.63) is 81.0 Å². The predicted molar refractivity (Wildman–Crippen MR) is 151 cm³/mol. The first-order valence-electron chi connectivity index (χ1n) is 12.2. The van der Waals surface area contributed by atoms with E-state index in [0.29, 0.717) is 11.3 Å². The zero-order valence-electron chi connectivity index (χ0n) is 22.8. The maximum atomic E-state index is 13.7. The van der Waals surface area contributed by atoms with Gasteiger partial charge < -0.3 is 10.1 Å². The largest absolute Gasteiger partial charge is 0.452 e. The molecule has 0 saturated carbocycles. The number of hydrogen-bond donors (Lipinski definition) is 3. The van der Waals surface area contributed by atoms with Gasteiger partial charge in [-0.2, -0.15) is 5.10 Å². The number of rotatable bonds is 6. The molecule has 214 valence electrons. The lowest BCUT2D eigenvalue weighted by Gasteiger charge is -2.15. The van der Waals surface area contributed by atoms with Gasteiger partial charge in [0.25, 0.3) is 11.8 Å². The summed E-state index contributed by atoms with van der Waals surface area (Å²) >= 11 is 12.6. The van der Waals surface area contributed by atoms with Crippen LogP contribution < -0.4 is 16.2 Å². The van der Waals surface area contributed by atoms with Crippen molar-refractivity contribution in [2.75, 3.05) is 12.4 Å². The molecule has 0 saturated heterocycles. The molecule has 1 aromatic carbocycles. The number of pyridine rings is 1. The number of carbonyl (C=O) groups is 3. The molecule has 4 aromatic rings. The number of aryl methyl sites for hydroxylation is 1. The highest BCUT2D eigenvalue weighted by atomic mass is 35.5. The number of amides is 3. The smallest absolute Gasteiger partial charge is 0.425 e. The van der Waals surface area contributed by atoms with Crippen LogP contribution in [0.1, 0.15) is 58.6 Å². The molecule has 0 bridgehead atoms. The summed E-state index contributed by atoms with van der Waals surface area (Å²) in [4.78, 5) is 42.3. The highest BCUT2D eigenvalue weighted by molar-refractivity contribution is 6.32. The van der Waals surface area contributed by atoms with Gasteiger partial charge in [-0.25, -0.2) is 24.6 Å². The standard InChI is InChI=1S/C26H27Cl2N9O4/c1-14-9-15(27)10-17(23(38)32-33-25(40)41-5)21(14)30-24(39)19-11-16(12-36-13-20(31-35-36)26(2,3)4)34-37(19)22-18(28)7-6-8-29-22/h6-11,13H,12H2,1-5H3,(H,30,39)(H,32,38)(H,33,40). The van der Waals surface area contributed by atoms with Crippen molar-refractivity contribution < 1.29 is 19.1 Å². The van der Waals surface area contributed by atoms with Gasteiger partial charge in [0, 0.05) is 22.8 Å². The third-order valence-corrected chi connectivity index (χ3v) is 6.32. The first-order valence-corrected chi connectivity index (χ1v) is 13.0. The number of methoxy groups -OCH3 is 1. The van der Waals surface area contributed by atoms with Crippen LogP contribution in [0.4, 0.5) is 10.5 Å². The first kappa shape index (κ1) is 29.5. The van der Waals surface area contributed by atoms with Crippen molar-refractivity contribution in [2.24, 2.45) is 0 Å². The molecule has 41 heavy (non-hydrogen) atoms. The Morgan fingerprint density at radius 1 is 1.07 bits per heavy atom. The van der Waals surface area contributed by atoms with Gasteiger partial charge in [0.15, 0.2) is 5.82 Å². The summed E-state index contributed by atoms with van der Waals surface area (Å²) in [5, 5.41) is 16.3. The number of nitrogens with one attached hydrogen (secondary N) is 3. The fourth-order valence-electron chi connectivity index (χ4n) is 3.74. The fourth-order valence-corrected chi connectivity index (χ4v) is 4.22. The number of ether oxygens (including phenoxy) is 1. The molecule has 0 atom stereocenters. The van der Waals surface area contributed by atoms with Crippen LogP contribution in [0, 0.1) is 6.92 Å². The number of nitrogens with zero attached hydrogens (tertiary/aromatic N) is 6. The van der Waals surface area contributed by atoms with E-state index < -0.39 is 17.9 Å². The van der Waals surface area contributed by atoms with Crippen molar-refractivity contribution in [2.45, 2.75) is 39.7 Å². The van der Waals surface area contributed by atoms with Gasteiger partial charge in [-0.1, -0.05) is 49.2 Å². The molecule has 0 aliphatic rings. The third kappa shape index (κ3) is 6.81. The monoisotopic (exact) mass is 599 g/mol. The normalized spacial score (nSPS) is 11.2. The van der Waals surface area contributed by atoms with E-state index in [1.807, 2.05) is 27.0 Å². The maximum Gasteiger partial charge on any atom is 0.425 e. The summed E-state index contributed by atoms with van der Waals surface area (Å²) in [5.41, 5.74) is 6.13. The van der Waals surface area contributed by atoms with E-state index in [2.05, 4.69) is 41.3 Å². The van der Waals surface area contributed by atoms with Crippen LogP contribution >= 0.6 is 23.2 Å². The average Bonchev–Trinajstić information content (AvgIpc) is 3.56. The van der Waals surface area contributed by atoms with Crippen molar-refractivity contribution in [3.8, 4) is 5.82 Å². The van der Waals surface area contributed by atoms with Gasteiger partial charge in [-0.3, -0.25) is 15.0 Å². The molecule has 0 spiro atoms. The Morgan fingerprint density at radius 2 is 1.83 bits per heavy atom. The third-order valence-electron chi connectivity index (χ3n) is 5.81. The topological polar surface area (TPSA) is 158 Å². The lowest BCUT2D eigenvalue weighted by Crippen LogP contribution is -2.41. The van der Waals surface area contributed by atoms with Crippen LogP contribution in [0.3, 0.4) is 0 Å². The van der Waals surface area contributed by atoms with Crippen LogP contribution in [0.5, 0.6) is 0 Å². The summed E-state index contributed by atoms with van der Waals surface area (Å²) in [5.74, 6) is -1.12. The molecule has 0 radical (unpaired) electrons. The average molecular weight is 600 g/mol. The molecule has 3 heterocycles. The maximum absolute atomic E-state index is 13.7. The predicted octanol–water partition coefficient (Wildman–Crippen LogP) is 4.07. The molecule has 13 nitrogen and oxygen atoms in total. The van der Waals surface area contributed by atoms with Gasteiger partial charge >= 0.3 is 6.09 Å². The lowest BCUT2D eigenvalue weighted by atomic mass is 9.93. The SMILES string of the molecule is COC(=O)NNC(=O)c1cc(Cl)cc(C)c1NC(=O)c1cc(Cn2cc(C(C)(C)C)nn2)nn1-c1ncccc1Cl. The van der Waals surface area contributed by atoms with Gasteiger partial charge in [0.1, 0.15) is 5.69 Å². The Labute approximate surface area is 245 Å². The molecule has 0 aliphatic heterocycles. The van der Waals surface area contributed by atoms with Gasteiger partial charge in [0.05, 0.1) is 41.3 Å². The Kier molecular flexibility index (Phi) is 8.59. The Balaban J connectivity index is 1.71. The second kappa shape index (κ2) is 11.9. The van der Waals surface area contributed by atoms with Crippen LogP contribution in [-0.4, -0.2) is 54.8 Å². The summed E-state index contributed by atoms with van der Waals surface area (Å²) in [6, 6.07) is 7.79. The van der Waals surface area contributed by atoms with Crippen molar-refractivity contribution in [1.82, 2.24) is 40.6 Å². The summed E-state index contributed by atoms with van der Waals surface area (Å²) < 4.78 is 7.41. The number of anilines is 1. The minimum absolute atomic E-state index is 0.000708. The van der Waals surface area contributed by atoms with Crippen molar-refractivity contribution >= 4 is 46.8 Å². The van der Waals surface area contributed by atoms with Crippen LogP contribution in [0.2, 0.25) is 10.0 Å². The number of aromatic nitrogens is 6. The zero-order valence-corrected chi connectivity index (χ0v) is 24.3. The highest BCUT2D eigenvalue weighted by Gasteiger charge is 2.24. The molecular formula is C26H27Cl2N9O4. The molecule has 3 aromatic heterocycles. The number of hydrazine groups is 1. The molecular weight excluding hydrogens is 573 g/mol. The number of benzene rings is 1. The van der Waals surface area contributed by atoms with E-state index in [-0.39, 0.29) is 44.8 Å². The Hall–Kier alpha value is -4.49. The summed E-state index contributed by atoms with van der Waals surface area (Å²) in [7, 11) is 1.15. The summed E-state index contributed by atoms with van der Waals surface area (Å²) in [6.07, 6.45) is 2.46. The number of hydrogen-bond acceptors (Lipinski definition) is 8. The van der Waals surface area contributed by atoms with E-state index in [9.17, 15) is 14.4 Å². The zero-order chi connectivity index (χ0) is 29.9. The minimum Gasteiger partial charge on any atom is -0.452 e. The molecule has 0 aliphatic carbocycles. The molecule has 4 rings (SSSR count). The second-order valence-corrected chi connectivity index (χ2v) is 10.8. The first-order chi connectivity index (χ1) is 19.4. The lowest BCUT2D eigenvalue weighted by molar-refractivity contribution is 0.0921. The molecule has 0 fully saturated rings. The highest BCUT2D eigenvalue weighted by Crippen LogP contribution is 2.27. The molecule has 3 amide bonds. The van der Waals surface area contributed by atoms with E-state index in [1.165, 1.54) is 16.9 Å². The fraction of sp³-hybridized carbons (Fsp3) is 0.269. The van der Waals surface area contributed by atoms with Crippen molar-refractivity contribution in [3.63, 3.8) is 0 Å². The molecule has 0 unspecified atom stereocenters. The minimum atomic E-state index is -0.881. The van der Waals surface area contributed by atoms with Crippen molar-refractivity contribution in [1.29, 1.82) is 0 Å². The van der Waals surface area contributed by atoms with E-state index in [0.717, 1.165) is 12.8 Å². The Bertz CT molecular complexity index is 1630. The molecule has 3 N–H and O–H groups in total. The van der Waals surface area contributed by atoms with E-state index >= 15 is 0 Å². The van der Waals surface area contributed by atoms with Gasteiger partial charge in [0.2, 0.25) is 0 Å². The van der Waals surface area contributed by atoms with Gasteiger partial charge in [-0.05, 0) is 42.8 Å². The van der Waals surface area contributed by atoms with Gasteiger partial charge in [-0.15, -0.1) is 5.10 Å². The Morgan fingerprint density at radius 3 is 2.49 bits per heavy atom. The number of halogens is 2. The van der Waals surface area contributed by atoms with Crippen LogP contribution in [0.25, 0.3) is 5.82 Å². The van der Waals surface area contributed by atoms with E-state index in [4.69, 9.17) is 23.2 Å². The van der Waals surface area contributed by atoms with E-state index in [1.54, 1.807) is 35.9 Å². The summed E-state index contributed by atoms with van der Waals surface area (Å²) in [6.45, 7) is 7.97.